The highest BCUT2D eigenvalue weighted by Gasteiger charge is 2.36. The summed E-state index contributed by atoms with van der Waals surface area (Å²) in [6.07, 6.45) is 1.44. The van der Waals surface area contributed by atoms with Crippen LogP contribution in [0.2, 0.25) is 0 Å². The van der Waals surface area contributed by atoms with E-state index in [1.165, 1.54) is 30.5 Å². The Morgan fingerprint density at radius 1 is 1.30 bits per heavy atom. The molecule has 0 aliphatic carbocycles. The van der Waals surface area contributed by atoms with E-state index in [4.69, 9.17) is 4.74 Å². The lowest BCUT2D eigenvalue weighted by Gasteiger charge is -2.40. The van der Waals surface area contributed by atoms with Gasteiger partial charge in [-0.2, -0.15) is 4.31 Å². The average molecular weight is 422 g/mol. The first-order chi connectivity index (χ1) is 12.4. The Bertz CT molecular complexity index is 806. The van der Waals surface area contributed by atoms with Gasteiger partial charge in [0.1, 0.15) is 0 Å². The molecule has 3 rings (SSSR count). The summed E-state index contributed by atoms with van der Waals surface area (Å²) in [5, 5.41) is 3.02. The minimum absolute atomic E-state index is 0. The zero-order chi connectivity index (χ0) is 18.9. The molecule has 2 aliphatic rings. The van der Waals surface area contributed by atoms with Crippen LogP contribution in [0.5, 0.6) is 5.75 Å². The third kappa shape index (κ3) is 4.21. The lowest BCUT2D eigenvalue weighted by Crippen LogP contribution is -2.57. The van der Waals surface area contributed by atoms with Crippen molar-refractivity contribution in [3.63, 3.8) is 0 Å². The number of rotatable bonds is 4. The zero-order valence-corrected chi connectivity index (χ0v) is 17.0. The molecule has 0 aromatic heterocycles. The number of nitrogens with one attached hydrogen (secondary N) is 1. The topological polar surface area (TPSA) is 79.0 Å². The molecule has 1 N–H and O–H groups in total. The van der Waals surface area contributed by atoms with Gasteiger partial charge < -0.3 is 15.0 Å². The van der Waals surface area contributed by atoms with Crippen LogP contribution < -0.4 is 10.1 Å². The highest BCUT2D eigenvalue weighted by atomic mass is 35.5. The molecular formula is C17H25ClFN3O4S. The molecule has 2 aliphatic heterocycles. The number of benzene rings is 1. The fraction of sp³-hybridized carbons (Fsp3) is 0.588. The van der Waals surface area contributed by atoms with Crippen LogP contribution in [0.4, 0.5) is 4.39 Å². The number of methoxy groups -OCH3 is 1. The van der Waals surface area contributed by atoms with Crippen LogP contribution in [0, 0.1) is 12.7 Å². The van der Waals surface area contributed by atoms with Crippen LogP contribution in [-0.2, 0) is 14.8 Å². The Morgan fingerprint density at radius 2 is 2.04 bits per heavy atom. The molecule has 1 atom stereocenters. The molecule has 0 saturated carbocycles. The maximum absolute atomic E-state index is 14.3. The summed E-state index contributed by atoms with van der Waals surface area (Å²) in [5.41, 5.74) is 0.0460. The number of carbonyl (C=O) groups is 1. The standard InChI is InChI=1S/C17H24FN3O4S.ClH/c1-12-15(6-5-14(25-2)17(12)18)26(23,24)20-8-3-4-13(11-20)21-9-7-19-10-16(21)22;/h5-6,13,19H,3-4,7-11H2,1-2H3;1H. The third-order valence-electron chi connectivity index (χ3n) is 5.07. The number of ether oxygens (including phenoxy) is 1. The number of hydrogen-bond acceptors (Lipinski definition) is 5. The Morgan fingerprint density at radius 3 is 2.70 bits per heavy atom. The van der Waals surface area contributed by atoms with E-state index >= 15 is 0 Å². The summed E-state index contributed by atoms with van der Waals surface area (Å²) in [4.78, 5) is 13.8. The van der Waals surface area contributed by atoms with E-state index in [0.29, 0.717) is 26.1 Å². The molecule has 152 valence electrons. The van der Waals surface area contributed by atoms with E-state index in [1.54, 1.807) is 4.90 Å². The van der Waals surface area contributed by atoms with Crippen molar-refractivity contribution in [2.24, 2.45) is 0 Å². The molecule has 0 radical (unpaired) electrons. The van der Waals surface area contributed by atoms with Crippen molar-refractivity contribution in [2.75, 3.05) is 39.8 Å². The van der Waals surface area contributed by atoms with Crippen LogP contribution in [0.3, 0.4) is 0 Å². The second-order valence-electron chi connectivity index (χ2n) is 6.63. The van der Waals surface area contributed by atoms with Crippen molar-refractivity contribution < 1.29 is 22.3 Å². The van der Waals surface area contributed by atoms with Gasteiger partial charge in [0.25, 0.3) is 0 Å². The summed E-state index contributed by atoms with van der Waals surface area (Å²) in [7, 11) is -2.51. The van der Waals surface area contributed by atoms with Gasteiger partial charge in [-0.3, -0.25) is 4.79 Å². The number of nitrogens with zero attached hydrogens (tertiary/aromatic N) is 2. The van der Waals surface area contributed by atoms with Crippen LogP contribution >= 0.6 is 12.4 Å². The van der Waals surface area contributed by atoms with Crippen molar-refractivity contribution in [1.82, 2.24) is 14.5 Å². The molecule has 27 heavy (non-hydrogen) atoms. The summed E-state index contributed by atoms with van der Waals surface area (Å²) in [6, 6.07) is 2.57. The number of halogens is 2. The first-order valence-corrected chi connectivity index (χ1v) is 10.1. The van der Waals surface area contributed by atoms with Crippen molar-refractivity contribution in [3.05, 3.63) is 23.5 Å². The van der Waals surface area contributed by atoms with Gasteiger partial charge in [0.2, 0.25) is 15.9 Å². The van der Waals surface area contributed by atoms with Gasteiger partial charge in [0, 0.05) is 37.8 Å². The lowest BCUT2D eigenvalue weighted by atomic mass is 10.1. The second-order valence-corrected chi connectivity index (χ2v) is 8.53. The van der Waals surface area contributed by atoms with Crippen LogP contribution in [0.15, 0.2) is 17.0 Å². The summed E-state index contributed by atoms with van der Waals surface area (Å²) < 4.78 is 46.7. The summed E-state index contributed by atoms with van der Waals surface area (Å²) in [5.74, 6) is -0.657. The molecule has 0 spiro atoms. The van der Waals surface area contributed by atoms with Crippen molar-refractivity contribution >= 4 is 28.3 Å². The SMILES string of the molecule is COc1ccc(S(=O)(=O)N2CCCC(N3CCNCC3=O)C2)c(C)c1F.Cl. The van der Waals surface area contributed by atoms with Gasteiger partial charge in [-0.25, -0.2) is 12.8 Å². The van der Waals surface area contributed by atoms with Gasteiger partial charge in [0.15, 0.2) is 11.6 Å². The lowest BCUT2D eigenvalue weighted by molar-refractivity contribution is -0.135. The number of sulfonamides is 1. The minimum Gasteiger partial charge on any atom is -0.494 e. The molecule has 1 aromatic rings. The highest BCUT2D eigenvalue weighted by molar-refractivity contribution is 7.89. The number of piperazine rings is 1. The van der Waals surface area contributed by atoms with Gasteiger partial charge >= 0.3 is 0 Å². The van der Waals surface area contributed by atoms with Gasteiger partial charge in [0.05, 0.1) is 18.6 Å². The first kappa shape index (κ1) is 21.9. The molecule has 10 heteroatoms. The van der Waals surface area contributed by atoms with Crippen molar-refractivity contribution in [1.29, 1.82) is 0 Å². The van der Waals surface area contributed by atoms with E-state index in [9.17, 15) is 17.6 Å². The van der Waals surface area contributed by atoms with Crippen molar-refractivity contribution in [2.45, 2.75) is 30.7 Å². The number of carbonyl (C=O) groups excluding carboxylic acids is 1. The Balaban J connectivity index is 0.00000261. The minimum atomic E-state index is -3.85. The third-order valence-corrected chi connectivity index (χ3v) is 7.07. The van der Waals surface area contributed by atoms with Gasteiger partial charge in [-0.15, -0.1) is 12.4 Å². The Kier molecular flexibility index (Phi) is 7.07. The maximum atomic E-state index is 14.3. The Labute approximate surface area is 165 Å². The van der Waals surface area contributed by atoms with E-state index in [1.807, 2.05) is 0 Å². The van der Waals surface area contributed by atoms with Gasteiger partial charge in [-0.1, -0.05) is 0 Å². The summed E-state index contributed by atoms with van der Waals surface area (Å²) in [6.45, 7) is 3.61. The smallest absolute Gasteiger partial charge is 0.243 e. The van der Waals surface area contributed by atoms with Gasteiger partial charge in [-0.05, 0) is 31.9 Å². The molecule has 1 unspecified atom stereocenters. The zero-order valence-electron chi connectivity index (χ0n) is 15.4. The molecule has 2 saturated heterocycles. The van der Waals surface area contributed by atoms with Crippen molar-refractivity contribution in [3.8, 4) is 5.75 Å². The largest absolute Gasteiger partial charge is 0.494 e. The number of piperidine rings is 1. The molecular weight excluding hydrogens is 397 g/mol. The molecule has 2 heterocycles. The monoisotopic (exact) mass is 421 g/mol. The predicted octanol–water partition coefficient (Wildman–Crippen LogP) is 1.15. The van der Waals surface area contributed by atoms with E-state index < -0.39 is 15.8 Å². The second kappa shape index (κ2) is 8.72. The van der Waals surface area contributed by atoms with Crippen LogP contribution in [-0.4, -0.2) is 69.4 Å². The van der Waals surface area contributed by atoms with E-state index in [2.05, 4.69) is 5.32 Å². The van der Waals surface area contributed by atoms with E-state index in [0.717, 1.165) is 6.42 Å². The molecule has 7 nitrogen and oxygen atoms in total. The molecule has 1 aromatic carbocycles. The normalized spacial score (nSPS) is 21.7. The number of amides is 1. The Hall–Kier alpha value is -1.42. The van der Waals surface area contributed by atoms with Crippen LogP contribution in [0.25, 0.3) is 0 Å². The quantitative estimate of drug-likeness (QED) is 0.789. The molecule has 1 amide bonds. The van der Waals surface area contributed by atoms with E-state index in [-0.39, 0.29) is 53.7 Å². The molecule has 2 fully saturated rings. The first-order valence-electron chi connectivity index (χ1n) is 8.69. The summed E-state index contributed by atoms with van der Waals surface area (Å²) >= 11 is 0. The highest BCUT2D eigenvalue weighted by Crippen LogP contribution is 2.30. The predicted molar refractivity (Wildman–Crippen MR) is 101 cm³/mol. The molecule has 0 bridgehead atoms. The average Bonchev–Trinajstić information content (AvgIpc) is 2.64. The fourth-order valence-electron chi connectivity index (χ4n) is 3.62. The maximum Gasteiger partial charge on any atom is 0.243 e. The number of hydrogen-bond donors (Lipinski definition) is 1. The fourth-order valence-corrected chi connectivity index (χ4v) is 5.35. The van der Waals surface area contributed by atoms with Crippen LogP contribution in [0.1, 0.15) is 18.4 Å².